The van der Waals surface area contributed by atoms with Crippen LogP contribution in [-0.2, 0) is 19.2 Å². The summed E-state index contributed by atoms with van der Waals surface area (Å²) in [4.78, 5) is 49.6. The molecule has 0 aromatic heterocycles. The van der Waals surface area contributed by atoms with Gasteiger partial charge >= 0.3 is 23.9 Å². The van der Waals surface area contributed by atoms with Crippen LogP contribution in [0.25, 0.3) is 23.3 Å². The number of carbonyl (C=O) groups excluding carboxylic acids is 4. The fourth-order valence-corrected chi connectivity index (χ4v) is 3.62. The molecule has 3 aromatic rings. The lowest BCUT2D eigenvalue weighted by molar-refractivity contribution is -0.131. The quantitative estimate of drug-likeness (QED) is 0.0914. The Morgan fingerprint density at radius 3 is 1.48 bits per heavy atom. The molecule has 0 aliphatic rings. The van der Waals surface area contributed by atoms with Gasteiger partial charge in [0, 0.05) is 33.4 Å². The van der Waals surface area contributed by atoms with Crippen molar-refractivity contribution in [3.8, 4) is 34.1 Å². The first-order valence-corrected chi connectivity index (χ1v) is 14.3. The monoisotopic (exact) mass is 620 g/mol. The van der Waals surface area contributed by atoms with Crippen LogP contribution < -0.4 is 18.9 Å². The molecule has 3 rings (SSSR count). The van der Waals surface area contributed by atoms with Gasteiger partial charge in [-0.3, -0.25) is 0 Å². The van der Waals surface area contributed by atoms with E-state index in [-0.39, 0.29) is 22.6 Å². The maximum atomic E-state index is 12.9. The zero-order chi connectivity index (χ0) is 34.0. The summed E-state index contributed by atoms with van der Waals surface area (Å²) in [6.45, 7) is 17.0. The van der Waals surface area contributed by atoms with E-state index in [2.05, 4.69) is 13.2 Å². The topological polar surface area (TPSA) is 105 Å². The average Bonchev–Trinajstić information content (AvgIpc) is 3.04. The van der Waals surface area contributed by atoms with E-state index in [0.717, 1.165) is 5.56 Å². The van der Waals surface area contributed by atoms with Gasteiger partial charge in [0.25, 0.3) is 0 Å². The van der Waals surface area contributed by atoms with Crippen LogP contribution in [0, 0.1) is 0 Å². The summed E-state index contributed by atoms with van der Waals surface area (Å²) < 4.78 is 22.2. The molecule has 0 fully saturated rings. The number of benzene rings is 3. The second kappa shape index (κ2) is 15.8. The van der Waals surface area contributed by atoms with E-state index in [4.69, 9.17) is 18.9 Å². The van der Waals surface area contributed by atoms with Crippen LogP contribution in [0.1, 0.15) is 52.7 Å². The van der Waals surface area contributed by atoms with Crippen molar-refractivity contribution >= 4 is 36.0 Å². The highest BCUT2D eigenvalue weighted by molar-refractivity contribution is 5.93. The summed E-state index contributed by atoms with van der Waals surface area (Å²) in [5.41, 5.74) is 3.60. The van der Waals surface area contributed by atoms with E-state index >= 15 is 0 Å². The van der Waals surface area contributed by atoms with Crippen molar-refractivity contribution in [3.05, 3.63) is 119 Å². The Labute approximate surface area is 268 Å². The standard InChI is InChI=1S/C38H36O8/c1-9-25(7)37(41)45-33-22-32(28-15-19-31(20-16-28)44-36(40)24(5)6)34(46-38(42)26(8)10-2)21-29(33)14-11-27-12-17-30(18-13-27)43-35(39)23(3)4/h9-22H,3,5H2,1-2,4,6-8H3/b14-11+,25-9+,26-10+. The molecule has 0 bridgehead atoms. The van der Waals surface area contributed by atoms with Crippen molar-refractivity contribution in [2.45, 2.75) is 41.5 Å². The van der Waals surface area contributed by atoms with Crippen molar-refractivity contribution in [2.75, 3.05) is 0 Å². The highest BCUT2D eigenvalue weighted by atomic mass is 16.5. The van der Waals surface area contributed by atoms with Crippen LogP contribution in [0.4, 0.5) is 0 Å². The van der Waals surface area contributed by atoms with E-state index < -0.39 is 23.9 Å². The molecular weight excluding hydrogens is 584 g/mol. The minimum absolute atomic E-state index is 0.210. The molecule has 0 heterocycles. The minimum Gasteiger partial charge on any atom is -0.423 e. The van der Waals surface area contributed by atoms with Gasteiger partial charge in [-0.2, -0.15) is 0 Å². The Morgan fingerprint density at radius 1 is 0.565 bits per heavy atom. The second-order valence-electron chi connectivity index (χ2n) is 10.4. The van der Waals surface area contributed by atoms with Crippen molar-refractivity contribution < 1.29 is 38.1 Å². The van der Waals surface area contributed by atoms with Crippen LogP contribution >= 0.6 is 0 Å². The number of allylic oxidation sites excluding steroid dienone is 2. The first kappa shape index (κ1) is 34.7. The van der Waals surface area contributed by atoms with Crippen LogP contribution in [0.3, 0.4) is 0 Å². The third-order valence-electron chi connectivity index (χ3n) is 6.65. The van der Waals surface area contributed by atoms with E-state index in [1.807, 2.05) is 0 Å². The Balaban J connectivity index is 2.12. The summed E-state index contributed by atoms with van der Waals surface area (Å²) in [6.07, 6.45) is 6.77. The maximum Gasteiger partial charge on any atom is 0.338 e. The predicted molar refractivity (Wildman–Crippen MR) is 178 cm³/mol. The number of hydrogen-bond donors (Lipinski definition) is 0. The maximum absolute atomic E-state index is 12.9. The zero-order valence-corrected chi connectivity index (χ0v) is 26.8. The predicted octanol–water partition coefficient (Wildman–Crippen LogP) is 8.23. The highest BCUT2D eigenvalue weighted by Crippen LogP contribution is 2.39. The summed E-state index contributed by atoms with van der Waals surface area (Å²) in [5.74, 6) is -1.11. The van der Waals surface area contributed by atoms with Gasteiger partial charge in [-0.25, -0.2) is 19.2 Å². The molecular formula is C38H36O8. The first-order valence-electron chi connectivity index (χ1n) is 14.3. The molecule has 0 radical (unpaired) electrons. The molecule has 3 aromatic carbocycles. The third-order valence-corrected chi connectivity index (χ3v) is 6.65. The molecule has 0 N–H and O–H groups in total. The molecule has 8 nitrogen and oxygen atoms in total. The van der Waals surface area contributed by atoms with Gasteiger partial charge < -0.3 is 18.9 Å². The lowest BCUT2D eigenvalue weighted by Gasteiger charge is -2.16. The Morgan fingerprint density at radius 2 is 1.02 bits per heavy atom. The molecule has 0 saturated carbocycles. The van der Waals surface area contributed by atoms with Gasteiger partial charge in [-0.15, -0.1) is 0 Å². The molecule has 0 aliphatic heterocycles. The highest BCUT2D eigenvalue weighted by Gasteiger charge is 2.19. The van der Waals surface area contributed by atoms with Crippen LogP contribution in [-0.4, -0.2) is 23.9 Å². The summed E-state index contributed by atoms with van der Waals surface area (Å²) in [5, 5.41) is 0. The minimum atomic E-state index is -0.559. The van der Waals surface area contributed by atoms with Crippen molar-refractivity contribution in [1.82, 2.24) is 0 Å². The number of esters is 4. The lowest BCUT2D eigenvalue weighted by Crippen LogP contribution is -2.12. The summed E-state index contributed by atoms with van der Waals surface area (Å²) >= 11 is 0. The van der Waals surface area contributed by atoms with Crippen LogP contribution in [0.2, 0.25) is 0 Å². The fraction of sp³-hybridized carbons (Fsp3) is 0.158. The summed E-state index contributed by atoms with van der Waals surface area (Å²) in [6, 6.07) is 16.6. The Kier molecular flexibility index (Phi) is 11.9. The molecule has 236 valence electrons. The Hall–Kier alpha value is -5.76. The smallest absolute Gasteiger partial charge is 0.338 e. The van der Waals surface area contributed by atoms with Crippen molar-refractivity contribution in [3.63, 3.8) is 0 Å². The first-order chi connectivity index (χ1) is 21.8. The van der Waals surface area contributed by atoms with E-state index in [0.29, 0.717) is 39.3 Å². The molecule has 0 aliphatic carbocycles. The lowest BCUT2D eigenvalue weighted by atomic mass is 10.0. The third kappa shape index (κ3) is 9.37. The van der Waals surface area contributed by atoms with Gasteiger partial charge in [-0.05, 0) is 89.1 Å². The van der Waals surface area contributed by atoms with Crippen molar-refractivity contribution in [1.29, 1.82) is 0 Å². The molecule has 0 amide bonds. The molecule has 0 saturated heterocycles. The van der Waals surface area contributed by atoms with Crippen LogP contribution in [0.5, 0.6) is 23.0 Å². The number of ether oxygens (including phenoxy) is 4. The Bertz CT molecular complexity index is 1770. The van der Waals surface area contributed by atoms with Crippen LogP contribution in [0.15, 0.2) is 108 Å². The van der Waals surface area contributed by atoms with E-state index in [1.54, 1.807) is 127 Å². The number of rotatable bonds is 11. The van der Waals surface area contributed by atoms with Crippen molar-refractivity contribution in [2.24, 2.45) is 0 Å². The largest absolute Gasteiger partial charge is 0.423 e. The average molecular weight is 621 g/mol. The molecule has 0 unspecified atom stereocenters. The fourth-order valence-electron chi connectivity index (χ4n) is 3.62. The normalized spacial score (nSPS) is 11.5. The van der Waals surface area contributed by atoms with E-state index in [1.165, 1.54) is 0 Å². The van der Waals surface area contributed by atoms with Gasteiger partial charge in [0.2, 0.25) is 0 Å². The van der Waals surface area contributed by atoms with E-state index in [9.17, 15) is 19.2 Å². The van der Waals surface area contributed by atoms with Gasteiger partial charge in [-0.1, -0.05) is 61.7 Å². The molecule has 0 atom stereocenters. The second-order valence-corrected chi connectivity index (χ2v) is 10.4. The zero-order valence-electron chi connectivity index (χ0n) is 26.8. The number of carbonyl (C=O) groups is 4. The molecule has 46 heavy (non-hydrogen) atoms. The van der Waals surface area contributed by atoms with Gasteiger partial charge in [0.15, 0.2) is 0 Å². The molecule has 0 spiro atoms. The SMILES string of the molecule is C=C(C)C(=O)Oc1ccc(/C=C/c2cc(OC(=O)/C(C)=C/C)c(-c3ccc(OC(=O)C(=C)C)cc3)cc2OC(=O)/C(C)=C/C)cc1. The van der Waals surface area contributed by atoms with Gasteiger partial charge in [0.05, 0.1) is 0 Å². The number of hydrogen-bond acceptors (Lipinski definition) is 8. The summed E-state index contributed by atoms with van der Waals surface area (Å²) in [7, 11) is 0. The molecule has 8 heteroatoms. The van der Waals surface area contributed by atoms with Gasteiger partial charge in [0.1, 0.15) is 23.0 Å².